The van der Waals surface area contributed by atoms with Gasteiger partial charge in [-0.25, -0.2) is 9.97 Å². The van der Waals surface area contributed by atoms with Gasteiger partial charge < -0.3 is 4.57 Å². The van der Waals surface area contributed by atoms with Crippen LogP contribution in [0.25, 0.3) is 22.3 Å². The Hall–Kier alpha value is -1.20. The first-order valence-corrected chi connectivity index (χ1v) is 6.87. The molecule has 0 aliphatic rings. The van der Waals surface area contributed by atoms with Gasteiger partial charge in [0, 0.05) is 18.0 Å². The Morgan fingerprint density at radius 1 is 1.29 bits per heavy atom. The molecule has 0 fully saturated rings. The van der Waals surface area contributed by atoms with Gasteiger partial charge in [0.2, 0.25) is 0 Å². The molecule has 1 aromatic carbocycles. The lowest BCUT2D eigenvalue weighted by molar-refractivity contribution is 0.886. The predicted octanol–water partition coefficient (Wildman–Crippen LogP) is 3.77. The van der Waals surface area contributed by atoms with Crippen LogP contribution in [0.5, 0.6) is 0 Å². The zero-order chi connectivity index (χ0) is 12.0. The molecule has 0 aliphatic heterocycles. The van der Waals surface area contributed by atoms with Crippen molar-refractivity contribution in [3.05, 3.63) is 33.3 Å². The maximum atomic E-state index is 4.53. The van der Waals surface area contributed by atoms with Gasteiger partial charge in [-0.2, -0.15) is 0 Å². The molecule has 3 nitrogen and oxygen atoms in total. The number of benzene rings is 1. The zero-order valence-electron chi connectivity index (χ0n) is 9.44. The average molecular weight is 308 g/mol. The molecule has 3 rings (SSSR count). The fraction of sp³-hybridized carbons (Fsp3) is 0.167. The lowest BCUT2D eigenvalue weighted by Gasteiger charge is -1.98. The van der Waals surface area contributed by atoms with Crippen molar-refractivity contribution in [3.63, 3.8) is 0 Å². The summed E-state index contributed by atoms with van der Waals surface area (Å²) >= 11 is 4.98. The van der Waals surface area contributed by atoms with E-state index in [1.54, 1.807) is 11.3 Å². The van der Waals surface area contributed by atoms with Crippen molar-refractivity contribution in [1.29, 1.82) is 0 Å². The van der Waals surface area contributed by atoms with E-state index in [4.69, 9.17) is 0 Å². The summed E-state index contributed by atoms with van der Waals surface area (Å²) in [5.41, 5.74) is 4.27. The number of thiazole rings is 1. The summed E-state index contributed by atoms with van der Waals surface area (Å²) in [6.07, 6.45) is 0. The van der Waals surface area contributed by atoms with Gasteiger partial charge in [-0.1, -0.05) is 6.07 Å². The molecule has 2 aromatic heterocycles. The first-order chi connectivity index (χ1) is 8.15. The first-order valence-electron chi connectivity index (χ1n) is 5.19. The molecule has 0 atom stereocenters. The molecule has 2 heterocycles. The molecule has 5 heteroatoms. The van der Waals surface area contributed by atoms with E-state index in [0.717, 1.165) is 32.0 Å². The van der Waals surface area contributed by atoms with Gasteiger partial charge in [-0.3, -0.25) is 0 Å². The van der Waals surface area contributed by atoms with E-state index < -0.39 is 0 Å². The molecule has 0 saturated heterocycles. The van der Waals surface area contributed by atoms with Crippen molar-refractivity contribution in [3.8, 4) is 11.3 Å². The minimum atomic E-state index is 0.907. The fourth-order valence-corrected chi connectivity index (χ4v) is 2.88. The summed E-state index contributed by atoms with van der Waals surface area (Å²) in [6, 6.07) is 6.27. The summed E-state index contributed by atoms with van der Waals surface area (Å²) in [4.78, 5) is 8.95. The van der Waals surface area contributed by atoms with Crippen molar-refractivity contribution < 1.29 is 0 Å². The van der Waals surface area contributed by atoms with Crippen LogP contribution in [-0.2, 0) is 7.05 Å². The Balaban J connectivity index is 2.20. The van der Waals surface area contributed by atoms with E-state index in [9.17, 15) is 0 Å². The highest BCUT2D eigenvalue weighted by Crippen LogP contribution is 2.27. The number of hydrogen-bond acceptors (Lipinski definition) is 3. The van der Waals surface area contributed by atoms with Gasteiger partial charge in [0.25, 0.3) is 0 Å². The predicted molar refractivity (Wildman–Crippen MR) is 74.3 cm³/mol. The molecule has 0 radical (unpaired) electrons. The molecule has 17 heavy (non-hydrogen) atoms. The highest BCUT2D eigenvalue weighted by Gasteiger charge is 2.07. The molecule has 0 N–H and O–H groups in total. The third-order valence-corrected chi connectivity index (χ3v) is 4.24. The third kappa shape index (κ3) is 1.79. The monoisotopic (exact) mass is 307 g/mol. The summed E-state index contributed by atoms with van der Waals surface area (Å²) in [6.45, 7) is 2.01. The number of aromatic nitrogens is 3. The van der Waals surface area contributed by atoms with Crippen LogP contribution < -0.4 is 0 Å². The van der Waals surface area contributed by atoms with E-state index in [1.807, 2.05) is 19.4 Å². The van der Waals surface area contributed by atoms with Crippen molar-refractivity contribution in [2.45, 2.75) is 6.92 Å². The summed E-state index contributed by atoms with van der Waals surface area (Å²) < 4.78 is 3.00. The lowest BCUT2D eigenvalue weighted by atomic mass is 10.1. The van der Waals surface area contributed by atoms with Crippen LogP contribution in [0.15, 0.2) is 27.5 Å². The number of imidazole rings is 1. The van der Waals surface area contributed by atoms with Gasteiger partial charge >= 0.3 is 0 Å². The normalized spacial score (nSPS) is 11.2. The van der Waals surface area contributed by atoms with Gasteiger partial charge in [-0.05, 0) is 35.0 Å². The van der Waals surface area contributed by atoms with Crippen LogP contribution in [0.3, 0.4) is 0 Å². The Morgan fingerprint density at radius 3 is 2.82 bits per heavy atom. The summed E-state index contributed by atoms with van der Waals surface area (Å²) in [7, 11) is 2.03. The number of halogens is 1. The molecule has 86 valence electrons. The molecule has 0 aliphatic carbocycles. The molecule has 3 aromatic rings. The molecule has 0 bridgehead atoms. The quantitative estimate of drug-likeness (QED) is 0.685. The second kappa shape index (κ2) is 3.92. The van der Waals surface area contributed by atoms with Gasteiger partial charge in [0.1, 0.15) is 5.82 Å². The van der Waals surface area contributed by atoms with Crippen LogP contribution in [0.1, 0.15) is 5.82 Å². The Morgan fingerprint density at radius 2 is 2.12 bits per heavy atom. The lowest BCUT2D eigenvalue weighted by Crippen LogP contribution is -1.89. The molecule has 0 saturated carbocycles. The fourth-order valence-electron chi connectivity index (χ4n) is 1.86. The van der Waals surface area contributed by atoms with Crippen molar-refractivity contribution in [1.82, 2.24) is 14.5 Å². The largest absolute Gasteiger partial charge is 0.331 e. The topological polar surface area (TPSA) is 30.7 Å². The second-order valence-corrected chi connectivity index (χ2v) is 6.04. The van der Waals surface area contributed by atoms with Crippen molar-refractivity contribution in [2.75, 3.05) is 0 Å². The van der Waals surface area contributed by atoms with Crippen LogP contribution in [-0.4, -0.2) is 14.5 Å². The van der Waals surface area contributed by atoms with Crippen LogP contribution in [0.4, 0.5) is 0 Å². The minimum Gasteiger partial charge on any atom is -0.331 e. The average Bonchev–Trinajstić information content (AvgIpc) is 2.85. The zero-order valence-corrected chi connectivity index (χ0v) is 11.8. The molecule has 0 spiro atoms. The first kappa shape index (κ1) is 10.9. The summed E-state index contributed by atoms with van der Waals surface area (Å²) in [5.74, 6) is 1.02. The number of nitrogens with zero attached hydrogens (tertiary/aromatic N) is 3. The van der Waals surface area contributed by atoms with E-state index in [1.165, 1.54) is 0 Å². The second-order valence-electron chi connectivity index (χ2n) is 3.91. The molecule has 0 unspecified atom stereocenters. The smallest absolute Gasteiger partial charge is 0.159 e. The molecular formula is C12H10BrN3S. The summed E-state index contributed by atoms with van der Waals surface area (Å²) in [5, 5.41) is 2.04. The molecule has 0 amide bonds. The number of hydrogen-bond donors (Lipinski definition) is 0. The third-order valence-electron chi connectivity index (χ3n) is 2.88. The number of rotatable bonds is 1. The van der Waals surface area contributed by atoms with Crippen LogP contribution in [0, 0.1) is 6.92 Å². The van der Waals surface area contributed by atoms with Crippen LogP contribution in [0.2, 0.25) is 0 Å². The van der Waals surface area contributed by atoms with E-state index in [0.29, 0.717) is 0 Å². The van der Waals surface area contributed by atoms with Gasteiger partial charge in [0.15, 0.2) is 3.92 Å². The van der Waals surface area contributed by atoms with Crippen molar-refractivity contribution in [2.24, 2.45) is 7.05 Å². The van der Waals surface area contributed by atoms with E-state index in [2.05, 4.69) is 48.7 Å². The number of fused-ring (bicyclic) bond motifs is 1. The highest BCUT2D eigenvalue weighted by molar-refractivity contribution is 9.11. The Kier molecular flexibility index (Phi) is 2.52. The Labute approximate surface area is 111 Å². The van der Waals surface area contributed by atoms with E-state index in [-0.39, 0.29) is 0 Å². The molecular weight excluding hydrogens is 298 g/mol. The van der Waals surface area contributed by atoms with E-state index >= 15 is 0 Å². The standard InChI is InChI=1S/C12H10BrN3S/c1-7-14-9-5-8(3-4-11(9)16(7)2)10-6-17-12(13)15-10/h3-6H,1-2H3. The van der Waals surface area contributed by atoms with Gasteiger partial charge in [0.05, 0.1) is 16.7 Å². The maximum absolute atomic E-state index is 4.53. The highest BCUT2D eigenvalue weighted by atomic mass is 79.9. The minimum absolute atomic E-state index is 0.907. The van der Waals surface area contributed by atoms with Crippen LogP contribution >= 0.6 is 27.3 Å². The Bertz CT molecular complexity index is 699. The van der Waals surface area contributed by atoms with Gasteiger partial charge in [-0.15, -0.1) is 11.3 Å². The maximum Gasteiger partial charge on any atom is 0.159 e. The number of aryl methyl sites for hydroxylation is 2. The SMILES string of the molecule is Cc1nc2cc(-c3csc(Br)n3)ccc2n1C. The van der Waals surface area contributed by atoms with Crippen molar-refractivity contribution >= 4 is 38.3 Å².